The number of aromatic nitrogens is 1. The molecule has 5 nitrogen and oxygen atoms in total. The van der Waals surface area contributed by atoms with Gasteiger partial charge in [0.25, 0.3) is 5.91 Å². The van der Waals surface area contributed by atoms with Crippen molar-refractivity contribution in [1.29, 1.82) is 0 Å². The number of nitrogens with two attached hydrogens (primary N) is 1. The molecule has 0 fully saturated rings. The quantitative estimate of drug-likeness (QED) is 0.555. The largest absolute Gasteiger partial charge is 0.397 e. The van der Waals surface area contributed by atoms with Gasteiger partial charge in [-0.25, -0.2) is 0 Å². The number of nitrogen functional groups attached to an aromatic ring is 1. The number of carbonyl (C=O) groups is 2. The van der Waals surface area contributed by atoms with Crippen LogP contribution in [0.4, 0.5) is 11.4 Å². The van der Waals surface area contributed by atoms with Crippen molar-refractivity contribution in [2.45, 2.75) is 6.42 Å². The van der Waals surface area contributed by atoms with E-state index in [1.54, 1.807) is 48.5 Å². The van der Waals surface area contributed by atoms with Gasteiger partial charge in [0.1, 0.15) is 0 Å². The predicted molar refractivity (Wildman–Crippen MR) is 97.5 cm³/mol. The molecule has 0 aliphatic heterocycles. The van der Waals surface area contributed by atoms with E-state index in [2.05, 4.69) is 10.3 Å². The van der Waals surface area contributed by atoms with Crippen LogP contribution in [0.5, 0.6) is 0 Å². The van der Waals surface area contributed by atoms with Crippen LogP contribution in [0.2, 0.25) is 0 Å². The van der Waals surface area contributed by atoms with Crippen LogP contribution in [0.25, 0.3) is 0 Å². The van der Waals surface area contributed by atoms with E-state index in [0.29, 0.717) is 28.2 Å². The number of hydrogen-bond donors (Lipinski definition) is 2. The summed E-state index contributed by atoms with van der Waals surface area (Å²) in [7, 11) is 0. The van der Waals surface area contributed by atoms with Gasteiger partial charge in [0.15, 0.2) is 5.78 Å². The molecule has 0 radical (unpaired) electrons. The number of nitrogens with zero attached hydrogens (tertiary/aromatic N) is 1. The molecule has 124 valence electrons. The van der Waals surface area contributed by atoms with Crippen molar-refractivity contribution in [3.63, 3.8) is 0 Å². The fourth-order valence-electron chi connectivity index (χ4n) is 2.41. The SMILES string of the molecule is Nc1ccccc1NC(=O)c1ccnc(CC(=O)c2ccccc2)c1. The van der Waals surface area contributed by atoms with Crippen molar-refractivity contribution in [2.75, 3.05) is 11.1 Å². The second-order valence-corrected chi connectivity index (χ2v) is 5.54. The molecule has 25 heavy (non-hydrogen) atoms. The van der Waals surface area contributed by atoms with Crippen molar-refractivity contribution in [2.24, 2.45) is 0 Å². The zero-order valence-corrected chi connectivity index (χ0v) is 13.5. The molecular weight excluding hydrogens is 314 g/mol. The van der Waals surface area contributed by atoms with Gasteiger partial charge in [-0.15, -0.1) is 0 Å². The minimum Gasteiger partial charge on any atom is -0.397 e. The van der Waals surface area contributed by atoms with Gasteiger partial charge in [0.2, 0.25) is 0 Å². The number of hydrogen-bond acceptors (Lipinski definition) is 4. The maximum atomic E-state index is 12.4. The van der Waals surface area contributed by atoms with Gasteiger partial charge in [-0.3, -0.25) is 14.6 Å². The average Bonchev–Trinajstić information content (AvgIpc) is 2.64. The molecule has 3 rings (SSSR count). The Hall–Kier alpha value is -3.47. The Morgan fingerprint density at radius 1 is 0.920 bits per heavy atom. The fourth-order valence-corrected chi connectivity index (χ4v) is 2.41. The number of ketones is 1. The van der Waals surface area contributed by atoms with Gasteiger partial charge in [-0.05, 0) is 24.3 Å². The van der Waals surface area contributed by atoms with Gasteiger partial charge in [0.05, 0.1) is 17.8 Å². The van der Waals surface area contributed by atoms with Gasteiger partial charge < -0.3 is 11.1 Å². The first-order valence-corrected chi connectivity index (χ1v) is 7.82. The summed E-state index contributed by atoms with van der Waals surface area (Å²) in [5.41, 5.74) is 8.46. The number of benzene rings is 2. The summed E-state index contributed by atoms with van der Waals surface area (Å²) in [5, 5.41) is 2.76. The zero-order chi connectivity index (χ0) is 17.6. The predicted octanol–water partition coefficient (Wildman–Crippen LogP) is 3.34. The lowest BCUT2D eigenvalue weighted by Crippen LogP contribution is -2.14. The molecule has 0 aliphatic rings. The third-order valence-corrected chi connectivity index (χ3v) is 3.73. The molecule has 0 spiro atoms. The minimum absolute atomic E-state index is 0.0436. The Bertz CT molecular complexity index is 908. The van der Waals surface area contributed by atoms with E-state index < -0.39 is 0 Å². The summed E-state index contributed by atoms with van der Waals surface area (Å²) < 4.78 is 0. The average molecular weight is 331 g/mol. The number of amides is 1. The summed E-state index contributed by atoms with van der Waals surface area (Å²) in [4.78, 5) is 28.9. The first-order chi connectivity index (χ1) is 12.1. The number of anilines is 2. The van der Waals surface area contributed by atoms with Crippen molar-refractivity contribution in [3.05, 3.63) is 89.7 Å². The highest BCUT2D eigenvalue weighted by molar-refractivity contribution is 6.06. The highest BCUT2D eigenvalue weighted by Crippen LogP contribution is 2.18. The summed E-state index contributed by atoms with van der Waals surface area (Å²) >= 11 is 0. The van der Waals surface area contributed by atoms with Crippen LogP contribution in [0, 0.1) is 0 Å². The van der Waals surface area contributed by atoms with E-state index in [-0.39, 0.29) is 18.1 Å². The lowest BCUT2D eigenvalue weighted by Gasteiger charge is -2.08. The lowest BCUT2D eigenvalue weighted by molar-refractivity contribution is 0.0988. The van der Waals surface area contributed by atoms with E-state index in [4.69, 9.17) is 5.73 Å². The van der Waals surface area contributed by atoms with Crippen LogP contribution >= 0.6 is 0 Å². The molecule has 0 aliphatic carbocycles. The summed E-state index contributed by atoms with van der Waals surface area (Å²) in [6.45, 7) is 0. The van der Waals surface area contributed by atoms with Gasteiger partial charge in [-0.2, -0.15) is 0 Å². The van der Waals surface area contributed by atoms with Crippen LogP contribution < -0.4 is 11.1 Å². The molecule has 3 aromatic rings. The molecule has 0 saturated heterocycles. The summed E-state index contributed by atoms with van der Waals surface area (Å²) in [5.74, 6) is -0.341. The summed E-state index contributed by atoms with van der Waals surface area (Å²) in [6, 6.07) is 19.3. The molecule has 0 unspecified atom stereocenters. The molecule has 0 bridgehead atoms. The fraction of sp³-hybridized carbons (Fsp3) is 0.0500. The van der Waals surface area contributed by atoms with Crippen molar-refractivity contribution >= 4 is 23.1 Å². The number of carbonyl (C=O) groups excluding carboxylic acids is 2. The monoisotopic (exact) mass is 331 g/mol. The number of nitrogens with one attached hydrogen (secondary N) is 1. The van der Waals surface area contributed by atoms with Crippen molar-refractivity contribution in [3.8, 4) is 0 Å². The van der Waals surface area contributed by atoms with Crippen LogP contribution in [-0.4, -0.2) is 16.7 Å². The maximum Gasteiger partial charge on any atom is 0.255 e. The molecule has 1 aromatic heterocycles. The standard InChI is InChI=1S/C20H17N3O2/c21-17-8-4-5-9-18(17)23-20(25)15-10-11-22-16(12-15)13-19(24)14-6-2-1-3-7-14/h1-12H,13,21H2,(H,23,25). The molecule has 1 amide bonds. The van der Waals surface area contributed by atoms with Gasteiger partial charge >= 0.3 is 0 Å². The Kier molecular flexibility index (Phi) is 4.85. The van der Waals surface area contributed by atoms with E-state index in [0.717, 1.165) is 0 Å². The molecule has 5 heteroatoms. The second kappa shape index (κ2) is 7.40. The second-order valence-electron chi connectivity index (χ2n) is 5.54. The van der Waals surface area contributed by atoms with E-state index in [9.17, 15) is 9.59 Å². The Morgan fingerprint density at radius 2 is 1.64 bits per heavy atom. The van der Waals surface area contributed by atoms with E-state index in [1.807, 2.05) is 18.2 Å². The number of pyridine rings is 1. The lowest BCUT2D eigenvalue weighted by atomic mass is 10.1. The number of para-hydroxylation sites is 2. The number of Topliss-reactive ketones (excluding diaryl/α,β-unsaturated/α-hetero) is 1. The normalized spacial score (nSPS) is 10.2. The highest BCUT2D eigenvalue weighted by Gasteiger charge is 2.12. The topological polar surface area (TPSA) is 85.1 Å². The summed E-state index contributed by atoms with van der Waals surface area (Å²) in [6.07, 6.45) is 1.66. The third-order valence-electron chi connectivity index (χ3n) is 3.73. The Labute approximate surface area is 145 Å². The maximum absolute atomic E-state index is 12.4. The minimum atomic E-state index is -0.297. The van der Waals surface area contributed by atoms with Crippen molar-refractivity contribution in [1.82, 2.24) is 4.98 Å². The van der Waals surface area contributed by atoms with Crippen LogP contribution in [0.3, 0.4) is 0 Å². The van der Waals surface area contributed by atoms with Crippen molar-refractivity contribution < 1.29 is 9.59 Å². The smallest absolute Gasteiger partial charge is 0.255 e. The van der Waals surface area contributed by atoms with Crippen LogP contribution in [0.15, 0.2) is 72.9 Å². The van der Waals surface area contributed by atoms with Crippen LogP contribution in [-0.2, 0) is 6.42 Å². The first kappa shape index (κ1) is 16.4. The molecular formula is C20H17N3O2. The van der Waals surface area contributed by atoms with E-state index >= 15 is 0 Å². The van der Waals surface area contributed by atoms with Crippen LogP contribution in [0.1, 0.15) is 26.4 Å². The third kappa shape index (κ3) is 4.09. The van der Waals surface area contributed by atoms with Gasteiger partial charge in [0, 0.05) is 23.0 Å². The molecule has 0 saturated carbocycles. The molecule has 1 heterocycles. The Morgan fingerprint density at radius 3 is 2.40 bits per heavy atom. The first-order valence-electron chi connectivity index (χ1n) is 7.82. The number of rotatable bonds is 5. The molecule has 0 atom stereocenters. The zero-order valence-electron chi connectivity index (χ0n) is 13.5. The molecule has 2 aromatic carbocycles. The van der Waals surface area contributed by atoms with E-state index in [1.165, 1.54) is 6.20 Å². The van der Waals surface area contributed by atoms with Gasteiger partial charge in [-0.1, -0.05) is 42.5 Å². The Balaban J connectivity index is 1.74. The molecule has 3 N–H and O–H groups in total. The highest BCUT2D eigenvalue weighted by atomic mass is 16.1.